The molecule has 1 aliphatic rings. The molecule has 0 aliphatic carbocycles. The first kappa shape index (κ1) is 21.5. The maximum absolute atomic E-state index is 9.30. The first-order valence-corrected chi connectivity index (χ1v) is 11.0. The highest BCUT2D eigenvalue weighted by Crippen LogP contribution is 2.31. The minimum atomic E-state index is 0.0338. The van der Waals surface area contributed by atoms with Crippen molar-refractivity contribution in [3.8, 4) is 0 Å². The van der Waals surface area contributed by atoms with Crippen molar-refractivity contribution in [2.24, 2.45) is 10.4 Å². The summed E-state index contributed by atoms with van der Waals surface area (Å²) in [5.74, 6) is 1.93. The molecule has 0 radical (unpaired) electrons. The third-order valence-electron chi connectivity index (χ3n) is 4.64. The zero-order chi connectivity index (χ0) is 18.7. The number of aliphatic hydroxyl groups excluding tert-OH is 1. The van der Waals surface area contributed by atoms with E-state index >= 15 is 0 Å². The van der Waals surface area contributed by atoms with Gasteiger partial charge < -0.3 is 20.5 Å². The van der Waals surface area contributed by atoms with Crippen molar-refractivity contribution in [3.63, 3.8) is 0 Å². The Morgan fingerprint density at radius 1 is 1.35 bits per heavy atom. The lowest BCUT2D eigenvalue weighted by atomic mass is 9.84. The van der Waals surface area contributed by atoms with E-state index in [-0.39, 0.29) is 12.0 Å². The molecule has 0 aromatic heterocycles. The summed E-state index contributed by atoms with van der Waals surface area (Å²) in [6, 6.07) is 8.34. The number of unbranched alkanes of at least 4 members (excludes halogenated alkanes) is 1. The number of aliphatic imine (C=N–C) groups is 1. The fourth-order valence-corrected chi connectivity index (χ4v) is 4.56. The number of benzene rings is 1. The molecule has 1 unspecified atom stereocenters. The number of ether oxygens (including phenoxy) is 1. The van der Waals surface area contributed by atoms with Crippen LogP contribution in [0.25, 0.3) is 0 Å². The van der Waals surface area contributed by atoms with Crippen LogP contribution < -0.4 is 10.6 Å². The molecule has 1 aliphatic heterocycles. The van der Waals surface area contributed by atoms with Gasteiger partial charge in [0.15, 0.2) is 5.96 Å². The van der Waals surface area contributed by atoms with Gasteiger partial charge in [-0.3, -0.25) is 4.99 Å². The molecule has 1 heterocycles. The zero-order valence-electron chi connectivity index (χ0n) is 15.5. The van der Waals surface area contributed by atoms with E-state index in [2.05, 4.69) is 49.8 Å². The van der Waals surface area contributed by atoms with Gasteiger partial charge in [-0.25, -0.2) is 0 Å². The van der Waals surface area contributed by atoms with E-state index < -0.39 is 0 Å². The number of halogens is 1. The molecule has 0 spiro atoms. The Balaban J connectivity index is 1.61. The molecule has 3 N–H and O–H groups in total. The van der Waals surface area contributed by atoms with E-state index in [1.165, 1.54) is 9.37 Å². The first-order valence-electron chi connectivity index (χ1n) is 9.19. The van der Waals surface area contributed by atoms with Gasteiger partial charge in [-0.05, 0) is 59.5 Å². The number of nitrogens with zero attached hydrogens (tertiary/aromatic N) is 1. The summed E-state index contributed by atoms with van der Waals surface area (Å²) in [6.07, 6.45) is 4.01. The fourth-order valence-electron chi connectivity index (χ4n) is 2.98. The van der Waals surface area contributed by atoms with Crippen molar-refractivity contribution >= 4 is 33.7 Å². The van der Waals surface area contributed by atoms with Crippen LogP contribution in [0.15, 0.2) is 38.6 Å². The molecular formula is C19H30BrN3O2S. The van der Waals surface area contributed by atoms with Crippen LogP contribution in [-0.2, 0) is 4.74 Å². The molecule has 0 bridgehead atoms. The quantitative estimate of drug-likeness (QED) is 0.224. The molecule has 0 amide bonds. The molecule has 7 heteroatoms. The molecule has 1 saturated heterocycles. The average molecular weight is 444 g/mol. The van der Waals surface area contributed by atoms with E-state index in [1.54, 1.807) is 7.05 Å². The minimum Gasteiger partial charge on any atom is -0.396 e. The summed E-state index contributed by atoms with van der Waals surface area (Å²) in [5, 5.41) is 16.1. The summed E-state index contributed by atoms with van der Waals surface area (Å²) >= 11 is 5.47. The maximum atomic E-state index is 9.30. The normalized spacial score (nSPS) is 20.3. The number of hydrogen-bond acceptors (Lipinski definition) is 4. The molecule has 146 valence electrons. The molecule has 0 saturated carbocycles. The van der Waals surface area contributed by atoms with E-state index in [0.717, 1.165) is 57.1 Å². The van der Waals surface area contributed by atoms with Gasteiger partial charge in [-0.2, -0.15) is 0 Å². The van der Waals surface area contributed by atoms with Crippen molar-refractivity contribution in [2.75, 3.05) is 45.7 Å². The standard InChI is InChI=1S/C19H30BrN3O2S/c1-21-18(23-14-19(8-11-24)9-12-25-15-19)22-10-4-5-13-26-17-7-3-2-6-16(17)20/h2-3,6-7,24H,4-5,8-15H2,1H3,(H2,21,22,23). The van der Waals surface area contributed by atoms with Crippen LogP contribution in [0, 0.1) is 5.41 Å². The highest BCUT2D eigenvalue weighted by molar-refractivity contribution is 9.10. The van der Waals surface area contributed by atoms with Crippen molar-refractivity contribution < 1.29 is 9.84 Å². The molecular weight excluding hydrogens is 414 g/mol. The summed E-state index contributed by atoms with van der Waals surface area (Å²) in [7, 11) is 1.79. The largest absolute Gasteiger partial charge is 0.396 e. The Kier molecular flexibility index (Phi) is 9.82. The average Bonchev–Trinajstić information content (AvgIpc) is 3.11. The highest BCUT2D eigenvalue weighted by atomic mass is 79.9. The van der Waals surface area contributed by atoms with Crippen LogP contribution in [0.4, 0.5) is 0 Å². The summed E-state index contributed by atoms with van der Waals surface area (Å²) in [4.78, 5) is 5.59. The topological polar surface area (TPSA) is 65.9 Å². The summed E-state index contributed by atoms with van der Waals surface area (Å²) < 4.78 is 6.70. The second-order valence-corrected chi connectivity index (χ2v) is 8.61. The Labute approximate surface area is 169 Å². The van der Waals surface area contributed by atoms with Crippen molar-refractivity contribution in [2.45, 2.75) is 30.6 Å². The molecule has 5 nitrogen and oxygen atoms in total. The molecule has 1 aromatic rings. The van der Waals surface area contributed by atoms with Gasteiger partial charge in [0.05, 0.1) is 6.61 Å². The number of nitrogens with one attached hydrogen (secondary N) is 2. The van der Waals surface area contributed by atoms with Gasteiger partial charge in [0.2, 0.25) is 0 Å². The van der Waals surface area contributed by atoms with Crippen LogP contribution in [-0.4, -0.2) is 56.8 Å². The van der Waals surface area contributed by atoms with E-state index in [1.807, 2.05) is 17.8 Å². The van der Waals surface area contributed by atoms with Crippen molar-refractivity contribution in [1.82, 2.24) is 10.6 Å². The van der Waals surface area contributed by atoms with Crippen molar-refractivity contribution in [3.05, 3.63) is 28.7 Å². The van der Waals surface area contributed by atoms with Gasteiger partial charge in [-0.1, -0.05) is 12.1 Å². The Morgan fingerprint density at radius 2 is 2.19 bits per heavy atom. The van der Waals surface area contributed by atoms with Gasteiger partial charge in [0, 0.05) is 48.1 Å². The fraction of sp³-hybridized carbons (Fsp3) is 0.632. The Hall–Kier alpha value is -0.760. The number of guanidine groups is 1. The summed E-state index contributed by atoms with van der Waals surface area (Å²) in [6.45, 7) is 3.38. The first-order chi connectivity index (χ1) is 12.7. The van der Waals surface area contributed by atoms with E-state index in [4.69, 9.17) is 4.74 Å². The maximum Gasteiger partial charge on any atom is 0.190 e. The second kappa shape index (κ2) is 11.8. The monoisotopic (exact) mass is 443 g/mol. The Morgan fingerprint density at radius 3 is 2.88 bits per heavy atom. The zero-order valence-corrected chi connectivity index (χ0v) is 17.9. The van der Waals surface area contributed by atoms with Gasteiger partial charge >= 0.3 is 0 Å². The van der Waals surface area contributed by atoms with Crippen molar-refractivity contribution in [1.29, 1.82) is 0 Å². The molecule has 1 fully saturated rings. The van der Waals surface area contributed by atoms with Gasteiger partial charge in [-0.15, -0.1) is 11.8 Å². The predicted molar refractivity (Wildman–Crippen MR) is 113 cm³/mol. The Bertz CT molecular complexity index is 565. The van der Waals surface area contributed by atoms with E-state index in [9.17, 15) is 5.11 Å². The van der Waals surface area contributed by atoms with Crippen LogP contribution in [0.5, 0.6) is 0 Å². The third-order valence-corrected chi connectivity index (χ3v) is 6.75. The van der Waals surface area contributed by atoms with Crippen LogP contribution in [0.1, 0.15) is 25.7 Å². The lowest BCUT2D eigenvalue weighted by Gasteiger charge is -2.27. The molecule has 1 atom stereocenters. The van der Waals surface area contributed by atoms with Crippen LogP contribution in [0.3, 0.4) is 0 Å². The second-order valence-electron chi connectivity index (χ2n) is 6.61. The van der Waals surface area contributed by atoms with Gasteiger partial charge in [0.1, 0.15) is 0 Å². The number of aliphatic hydroxyl groups is 1. The SMILES string of the molecule is CN=C(NCCCCSc1ccccc1Br)NCC1(CCO)CCOC1. The lowest BCUT2D eigenvalue weighted by Crippen LogP contribution is -2.44. The lowest BCUT2D eigenvalue weighted by molar-refractivity contribution is 0.127. The number of thioether (sulfide) groups is 1. The number of rotatable bonds is 10. The summed E-state index contributed by atoms with van der Waals surface area (Å²) in [5.41, 5.74) is 0.0338. The minimum absolute atomic E-state index is 0.0338. The number of hydrogen-bond donors (Lipinski definition) is 3. The highest BCUT2D eigenvalue weighted by Gasteiger charge is 2.34. The van der Waals surface area contributed by atoms with Crippen LogP contribution in [0.2, 0.25) is 0 Å². The van der Waals surface area contributed by atoms with E-state index in [0.29, 0.717) is 6.61 Å². The molecule has 26 heavy (non-hydrogen) atoms. The molecule has 1 aromatic carbocycles. The smallest absolute Gasteiger partial charge is 0.190 e. The van der Waals surface area contributed by atoms with Crippen LogP contribution >= 0.6 is 27.7 Å². The predicted octanol–water partition coefficient (Wildman–Crippen LogP) is 3.28. The molecule has 2 rings (SSSR count). The van der Waals surface area contributed by atoms with Gasteiger partial charge in [0.25, 0.3) is 0 Å². The third kappa shape index (κ3) is 7.10.